The van der Waals surface area contributed by atoms with Crippen molar-refractivity contribution in [3.8, 4) is 23.0 Å². The number of hydrogen-bond acceptors (Lipinski definition) is 7. The Hall–Kier alpha value is -4.04. The lowest BCUT2D eigenvalue weighted by molar-refractivity contribution is -0.127. The lowest BCUT2D eigenvalue weighted by Crippen LogP contribution is -2.14. The van der Waals surface area contributed by atoms with Gasteiger partial charge in [-0.2, -0.15) is 5.10 Å². The van der Waals surface area contributed by atoms with Crippen LogP contribution in [-0.4, -0.2) is 41.9 Å². The first-order chi connectivity index (χ1) is 18.0. The topological polar surface area (TPSA) is 84.2 Å². The first kappa shape index (κ1) is 26.0. The fourth-order valence-electron chi connectivity index (χ4n) is 3.90. The van der Waals surface area contributed by atoms with Crippen LogP contribution in [0.5, 0.6) is 23.0 Å². The van der Waals surface area contributed by atoms with Crippen LogP contribution in [0.1, 0.15) is 36.7 Å². The van der Waals surface area contributed by atoms with E-state index in [0.717, 1.165) is 25.0 Å². The molecule has 192 valence electrons. The number of aromatic nitrogens is 3. The number of carbonyl (C=O) groups is 1. The summed E-state index contributed by atoms with van der Waals surface area (Å²) in [6.45, 7) is 2.12. The predicted octanol–water partition coefficient (Wildman–Crippen LogP) is 5.90. The summed E-state index contributed by atoms with van der Waals surface area (Å²) in [5, 5.41) is 4.96. The minimum atomic E-state index is -0.569. The van der Waals surface area contributed by atoms with Crippen molar-refractivity contribution in [3.05, 3.63) is 76.7 Å². The van der Waals surface area contributed by atoms with Crippen molar-refractivity contribution in [3.63, 3.8) is 0 Å². The maximum Gasteiger partial charge on any atom is 0.345 e. The predicted molar refractivity (Wildman–Crippen MR) is 143 cm³/mol. The Bertz CT molecular complexity index is 1400. The molecule has 4 rings (SSSR count). The molecule has 37 heavy (non-hydrogen) atoms. The second-order valence-corrected chi connectivity index (χ2v) is 8.63. The summed E-state index contributed by atoms with van der Waals surface area (Å²) in [7, 11) is 4.61. The molecule has 0 bridgehead atoms. The summed E-state index contributed by atoms with van der Waals surface area (Å²) in [5.41, 5.74) is 2.97. The Labute approximate surface area is 220 Å². The SMILES string of the molecule is CCCCc1cc(/C(=C/c2cc(OC)c(OC)c(OC)c2)C(=O)Oc2ccc(Cl)cc2)n2nccc2n1. The largest absolute Gasteiger partial charge is 0.493 e. The van der Waals surface area contributed by atoms with E-state index in [0.29, 0.717) is 44.9 Å². The number of hydrogen-bond donors (Lipinski definition) is 0. The number of halogens is 1. The molecule has 0 radical (unpaired) electrons. The number of methoxy groups -OCH3 is 3. The Kier molecular flexibility index (Phi) is 8.30. The quantitative estimate of drug-likeness (QED) is 0.146. The minimum absolute atomic E-state index is 0.276. The second-order valence-electron chi connectivity index (χ2n) is 8.20. The Morgan fingerprint density at radius 3 is 2.32 bits per heavy atom. The molecule has 4 aromatic rings. The van der Waals surface area contributed by atoms with Gasteiger partial charge in [-0.1, -0.05) is 24.9 Å². The third-order valence-electron chi connectivity index (χ3n) is 5.72. The third kappa shape index (κ3) is 5.86. The van der Waals surface area contributed by atoms with Gasteiger partial charge in [-0.15, -0.1) is 0 Å². The average Bonchev–Trinajstić information content (AvgIpc) is 3.39. The van der Waals surface area contributed by atoms with E-state index in [1.165, 1.54) is 21.3 Å². The summed E-state index contributed by atoms with van der Waals surface area (Å²) >= 11 is 6.00. The summed E-state index contributed by atoms with van der Waals surface area (Å²) in [6.07, 6.45) is 6.13. The lowest BCUT2D eigenvalue weighted by atomic mass is 10.0. The highest BCUT2D eigenvalue weighted by molar-refractivity contribution is 6.30. The molecular formula is C28H28ClN3O5. The fourth-order valence-corrected chi connectivity index (χ4v) is 4.02. The van der Waals surface area contributed by atoms with E-state index in [1.807, 2.05) is 6.07 Å². The molecule has 0 amide bonds. The van der Waals surface area contributed by atoms with Gasteiger partial charge in [-0.05, 0) is 66.9 Å². The van der Waals surface area contributed by atoms with E-state index in [-0.39, 0.29) is 5.57 Å². The number of esters is 1. The van der Waals surface area contributed by atoms with Crippen LogP contribution in [0.2, 0.25) is 5.02 Å². The number of carbonyl (C=O) groups excluding carboxylic acids is 1. The number of aryl methyl sites for hydroxylation is 1. The number of benzene rings is 2. The number of nitrogens with zero attached hydrogens (tertiary/aromatic N) is 3. The van der Waals surface area contributed by atoms with Gasteiger partial charge < -0.3 is 18.9 Å². The molecule has 2 aromatic carbocycles. The minimum Gasteiger partial charge on any atom is -0.493 e. The number of ether oxygens (including phenoxy) is 4. The van der Waals surface area contributed by atoms with E-state index >= 15 is 0 Å². The Morgan fingerprint density at radius 2 is 1.70 bits per heavy atom. The van der Waals surface area contributed by atoms with Gasteiger partial charge in [-0.25, -0.2) is 14.3 Å². The number of unbranched alkanes of at least 4 members (excludes halogenated alkanes) is 1. The molecule has 0 aliphatic heterocycles. The highest BCUT2D eigenvalue weighted by atomic mass is 35.5. The van der Waals surface area contributed by atoms with Crippen LogP contribution in [0.15, 0.2) is 54.7 Å². The lowest BCUT2D eigenvalue weighted by Gasteiger charge is -2.15. The highest BCUT2D eigenvalue weighted by Gasteiger charge is 2.21. The maximum absolute atomic E-state index is 13.7. The van der Waals surface area contributed by atoms with Gasteiger partial charge in [0.05, 0.1) is 38.8 Å². The summed E-state index contributed by atoms with van der Waals surface area (Å²) < 4.78 is 23.8. The van der Waals surface area contributed by atoms with Crippen LogP contribution in [0.4, 0.5) is 0 Å². The molecule has 9 heteroatoms. The van der Waals surface area contributed by atoms with Gasteiger partial charge in [-0.3, -0.25) is 0 Å². The standard InChI is InChI=1S/C28H28ClN3O5/c1-5-6-7-20-17-23(32-26(31-20)12-13-30-32)22(28(33)37-21-10-8-19(29)9-11-21)14-18-15-24(34-2)27(36-4)25(16-18)35-3/h8-17H,5-7H2,1-4H3/b22-14-. The van der Waals surface area contributed by atoms with Crippen LogP contribution >= 0.6 is 11.6 Å². The third-order valence-corrected chi connectivity index (χ3v) is 5.97. The van der Waals surface area contributed by atoms with Gasteiger partial charge in [0.1, 0.15) is 5.75 Å². The van der Waals surface area contributed by atoms with Gasteiger partial charge in [0.15, 0.2) is 17.1 Å². The van der Waals surface area contributed by atoms with Crippen LogP contribution in [0.25, 0.3) is 17.3 Å². The van der Waals surface area contributed by atoms with Crippen LogP contribution in [-0.2, 0) is 11.2 Å². The molecule has 0 fully saturated rings. The molecule has 0 unspecified atom stereocenters. The van der Waals surface area contributed by atoms with Crippen LogP contribution in [0, 0.1) is 0 Å². The average molecular weight is 522 g/mol. The Balaban J connectivity index is 1.89. The molecule has 8 nitrogen and oxygen atoms in total. The number of fused-ring (bicyclic) bond motifs is 1. The van der Waals surface area contributed by atoms with Crippen molar-refractivity contribution < 1.29 is 23.7 Å². The van der Waals surface area contributed by atoms with Crippen molar-refractivity contribution in [2.45, 2.75) is 26.2 Å². The summed E-state index contributed by atoms with van der Waals surface area (Å²) in [6, 6.07) is 13.8. The molecule has 0 saturated heterocycles. The zero-order valence-corrected chi connectivity index (χ0v) is 21.9. The van der Waals surface area contributed by atoms with Crippen LogP contribution < -0.4 is 18.9 Å². The first-order valence-electron chi connectivity index (χ1n) is 11.8. The fraction of sp³-hybridized carbons (Fsp3) is 0.250. The molecule has 0 spiro atoms. The normalized spacial score (nSPS) is 11.4. The summed E-state index contributed by atoms with van der Waals surface area (Å²) in [5.74, 6) is 1.16. The molecular weight excluding hydrogens is 494 g/mol. The van der Waals surface area contributed by atoms with Crippen molar-refractivity contribution in [2.75, 3.05) is 21.3 Å². The second kappa shape index (κ2) is 11.8. The molecule has 0 N–H and O–H groups in total. The van der Waals surface area contributed by atoms with Gasteiger partial charge in [0, 0.05) is 16.8 Å². The van der Waals surface area contributed by atoms with Crippen molar-refractivity contribution >= 4 is 34.9 Å². The highest BCUT2D eigenvalue weighted by Crippen LogP contribution is 2.39. The summed E-state index contributed by atoms with van der Waals surface area (Å²) in [4.78, 5) is 18.4. The van der Waals surface area contributed by atoms with E-state index in [4.69, 9.17) is 35.5 Å². The zero-order valence-electron chi connectivity index (χ0n) is 21.2. The van der Waals surface area contributed by atoms with Crippen LogP contribution in [0.3, 0.4) is 0 Å². The monoisotopic (exact) mass is 521 g/mol. The Morgan fingerprint density at radius 1 is 1.00 bits per heavy atom. The molecule has 0 saturated carbocycles. The smallest absolute Gasteiger partial charge is 0.345 e. The first-order valence-corrected chi connectivity index (χ1v) is 12.2. The van der Waals surface area contributed by atoms with Crippen molar-refractivity contribution in [1.82, 2.24) is 14.6 Å². The van der Waals surface area contributed by atoms with Gasteiger partial charge in [0.2, 0.25) is 5.75 Å². The van der Waals surface area contributed by atoms with Gasteiger partial charge >= 0.3 is 5.97 Å². The van der Waals surface area contributed by atoms with Crippen molar-refractivity contribution in [1.29, 1.82) is 0 Å². The van der Waals surface area contributed by atoms with E-state index in [2.05, 4.69) is 12.0 Å². The van der Waals surface area contributed by atoms with Crippen molar-refractivity contribution in [2.24, 2.45) is 0 Å². The molecule has 0 aliphatic rings. The van der Waals surface area contributed by atoms with E-state index in [1.54, 1.807) is 59.3 Å². The molecule has 0 aliphatic carbocycles. The maximum atomic E-state index is 13.7. The zero-order chi connectivity index (χ0) is 26.4. The van der Waals surface area contributed by atoms with E-state index in [9.17, 15) is 4.79 Å². The van der Waals surface area contributed by atoms with Gasteiger partial charge in [0.25, 0.3) is 0 Å². The molecule has 2 heterocycles. The van der Waals surface area contributed by atoms with E-state index < -0.39 is 5.97 Å². The molecule has 2 aromatic heterocycles. The number of rotatable bonds is 10. The molecule has 0 atom stereocenters.